The number of morpholine rings is 1. The molecule has 0 radical (unpaired) electrons. The van der Waals surface area contributed by atoms with Gasteiger partial charge in [0, 0.05) is 42.2 Å². The summed E-state index contributed by atoms with van der Waals surface area (Å²) < 4.78 is 16.9. The van der Waals surface area contributed by atoms with Crippen LogP contribution in [-0.4, -0.2) is 57.3 Å². The molecule has 1 N–H and O–H groups in total. The van der Waals surface area contributed by atoms with Gasteiger partial charge in [0.1, 0.15) is 17.1 Å². The lowest BCUT2D eigenvalue weighted by molar-refractivity contribution is -0.116. The smallest absolute Gasteiger partial charge is 0.244 e. The molecule has 2 aromatic rings. The van der Waals surface area contributed by atoms with Crippen LogP contribution >= 0.6 is 0 Å². The number of methoxy groups -OCH3 is 1. The summed E-state index contributed by atoms with van der Waals surface area (Å²) in [6.45, 7) is 13.1. The highest BCUT2D eigenvalue weighted by Crippen LogP contribution is 2.38. The lowest BCUT2D eigenvalue weighted by atomic mass is 9.98. The summed E-state index contributed by atoms with van der Waals surface area (Å²) in [5, 5.41) is 4.06. The van der Waals surface area contributed by atoms with E-state index in [-0.39, 0.29) is 5.91 Å². The molecule has 0 atom stereocenters. The van der Waals surface area contributed by atoms with Gasteiger partial charge in [-0.3, -0.25) is 9.69 Å². The van der Waals surface area contributed by atoms with Crippen LogP contribution in [0.3, 0.4) is 0 Å². The Morgan fingerprint density at radius 2 is 1.97 bits per heavy atom. The van der Waals surface area contributed by atoms with Crippen LogP contribution in [0.1, 0.15) is 35.8 Å². The quantitative estimate of drug-likeness (QED) is 0.568. The van der Waals surface area contributed by atoms with Gasteiger partial charge in [-0.2, -0.15) is 0 Å². The number of benzene rings is 1. The molecule has 0 bridgehead atoms. The summed E-state index contributed by atoms with van der Waals surface area (Å²) in [5.74, 6) is 1.58. The molecule has 29 heavy (non-hydrogen) atoms. The molecule has 1 aliphatic rings. The van der Waals surface area contributed by atoms with Crippen molar-refractivity contribution in [3.05, 3.63) is 34.6 Å². The molecule has 3 rings (SSSR count). The number of furan rings is 1. The van der Waals surface area contributed by atoms with Crippen molar-refractivity contribution < 1.29 is 18.7 Å². The Labute approximate surface area is 172 Å². The highest BCUT2D eigenvalue weighted by Gasteiger charge is 2.18. The van der Waals surface area contributed by atoms with E-state index < -0.39 is 0 Å². The second-order valence-corrected chi connectivity index (χ2v) is 7.67. The van der Waals surface area contributed by atoms with Crippen molar-refractivity contribution in [2.75, 3.05) is 46.5 Å². The number of carbonyl (C=O) groups excluding carboxylic acids is 1. The number of rotatable bonds is 7. The molecule has 1 aromatic heterocycles. The molecule has 1 amide bonds. The van der Waals surface area contributed by atoms with Crippen molar-refractivity contribution in [3.63, 3.8) is 0 Å². The van der Waals surface area contributed by atoms with Gasteiger partial charge in [0.2, 0.25) is 5.91 Å². The van der Waals surface area contributed by atoms with Crippen molar-refractivity contribution in [3.8, 4) is 5.75 Å². The molecule has 2 heterocycles. The van der Waals surface area contributed by atoms with Crippen molar-refractivity contribution >= 4 is 22.4 Å². The average Bonchev–Trinajstić information content (AvgIpc) is 3.00. The number of allylic oxidation sites excluding steroid dienone is 1. The largest absolute Gasteiger partial charge is 0.496 e. The molecule has 158 valence electrons. The summed E-state index contributed by atoms with van der Waals surface area (Å²) in [6.07, 6.45) is 2.58. The first-order chi connectivity index (χ1) is 13.9. The first-order valence-electron chi connectivity index (χ1n) is 10.3. The Morgan fingerprint density at radius 1 is 1.24 bits per heavy atom. The van der Waals surface area contributed by atoms with E-state index in [1.165, 1.54) is 0 Å². The average molecular weight is 401 g/mol. The second-order valence-electron chi connectivity index (χ2n) is 7.67. The number of nitrogens with one attached hydrogen (secondary N) is 1. The monoisotopic (exact) mass is 400 g/mol. The van der Waals surface area contributed by atoms with Gasteiger partial charge in [0.15, 0.2) is 0 Å². The van der Waals surface area contributed by atoms with E-state index in [9.17, 15) is 4.79 Å². The van der Waals surface area contributed by atoms with Gasteiger partial charge in [-0.15, -0.1) is 0 Å². The third-order valence-electron chi connectivity index (χ3n) is 5.68. The minimum absolute atomic E-state index is 0.0793. The van der Waals surface area contributed by atoms with E-state index in [4.69, 9.17) is 13.9 Å². The molecule has 0 aliphatic carbocycles. The maximum Gasteiger partial charge on any atom is 0.244 e. The number of nitrogens with zero attached hydrogens (tertiary/aromatic N) is 1. The lowest BCUT2D eigenvalue weighted by Crippen LogP contribution is -2.38. The molecule has 1 fully saturated rings. The number of hydrogen-bond acceptors (Lipinski definition) is 5. The van der Waals surface area contributed by atoms with Crippen LogP contribution < -0.4 is 10.1 Å². The summed E-state index contributed by atoms with van der Waals surface area (Å²) in [5.41, 5.74) is 4.71. The minimum Gasteiger partial charge on any atom is -0.496 e. The van der Waals surface area contributed by atoms with Crippen LogP contribution in [0.15, 0.2) is 16.6 Å². The molecule has 6 heteroatoms. The zero-order valence-electron chi connectivity index (χ0n) is 18.2. The van der Waals surface area contributed by atoms with Crippen LogP contribution in [0.4, 0.5) is 0 Å². The maximum absolute atomic E-state index is 12.4. The third kappa shape index (κ3) is 4.82. The first kappa shape index (κ1) is 21.4. The van der Waals surface area contributed by atoms with Gasteiger partial charge in [-0.1, -0.05) is 0 Å². The van der Waals surface area contributed by atoms with Crippen LogP contribution in [-0.2, 0) is 9.53 Å². The zero-order chi connectivity index (χ0) is 21.0. The highest BCUT2D eigenvalue weighted by atomic mass is 16.5. The number of hydrogen-bond donors (Lipinski definition) is 1. The Bertz CT molecular complexity index is 907. The van der Waals surface area contributed by atoms with E-state index >= 15 is 0 Å². The number of amides is 1. The summed E-state index contributed by atoms with van der Waals surface area (Å²) in [4.78, 5) is 14.8. The molecule has 1 aromatic carbocycles. The highest BCUT2D eigenvalue weighted by molar-refractivity contribution is 5.98. The molecular weight excluding hydrogens is 368 g/mol. The number of carbonyl (C=O) groups is 1. The van der Waals surface area contributed by atoms with E-state index in [0.29, 0.717) is 6.54 Å². The molecule has 0 unspecified atom stereocenters. The van der Waals surface area contributed by atoms with Gasteiger partial charge >= 0.3 is 0 Å². The minimum atomic E-state index is -0.0793. The standard InChI is InChI=1S/C23H32N2O4/c1-15(13-21(26)24-7-6-8-25-9-11-28-12-10-25)19-14-20-16(2)18(4)29-23(20)17(3)22(19)27-5/h13-14H,6-12H2,1-5H3,(H,24,26)/b15-13+. The number of fused-ring (bicyclic) bond motifs is 1. The lowest BCUT2D eigenvalue weighted by Gasteiger charge is -2.26. The predicted octanol–water partition coefficient (Wildman–Crippen LogP) is 3.61. The van der Waals surface area contributed by atoms with Gasteiger partial charge in [-0.05, 0) is 57.9 Å². The van der Waals surface area contributed by atoms with E-state index in [1.54, 1.807) is 13.2 Å². The molecule has 0 spiro atoms. The van der Waals surface area contributed by atoms with Crippen LogP contribution in [0.2, 0.25) is 0 Å². The van der Waals surface area contributed by atoms with Crippen LogP contribution in [0, 0.1) is 20.8 Å². The molecule has 1 aliphatic heterocycles. The number of ether oxygens (including phenoxy) is 2. The Morgan fingerprint density at radius 3 is 2.66 bits per heavy atom. The van der Waals surface area contributed by atoms with Crippen molar-refractivity contribution in [2.45, 2.75) is 34.1 Å². The van der Waals surface area contributed by atoms with E-state index in [1.807, 2.05) is 20.8 Å². The summed E-state index contributed by atoms with van der Waals surface area (Å²) in [6, 6.07) is 2.06. The van der Waals surface area contributed by atoms with Crippen molar-refractivity contribution in [1.29, 1.82) is 0 Å². The fourth-order valence-corrected chi connectivity index (χ4v) is 3.83. The molecule has 1 saturated heterocycles. The van der Waals surface area contributed by atoms with Gasteiger partial charge in [0.25, 0.3) is 0 Å². The Hall–Kier alpha value is -2.31. The zero-order valence-corrected chi connectivity index (χ0v) is 18.2. The van der Waals surface area contributed by atoms with Crippen molar-refractivity contribution in [2.24, 2.45) is 0 Å². The van der Waals surface area contributed by atoms with Crippen LogP contribution in [0.5, 0.6) is 5.75 Å². The summed E-state index contributed by atoms with van der Waals surface area (Å²) >= 11 is 0. The molecule has 6 nitrogen and oxygen atoms in total. The fourth-order valence-electron chi connectivity index (χ4n) is 3.83. The first-order valence-corrected chi connectivity index (χ1v) is 10.3. The summed E-state index contributed by atoms with van der Waals surface area (Å²) in [7, 11) is 1.65. The predicted molar refractivity (Wildman–Crippen MR) is 116 cm³/mol. The number of aryl methyl sites for hydroxylation is 3. The van der Waals surface area contributed by atoms with Gasteiger partial charge in [-0.25, -0.2) is 0 Å². The molecular formula is C23H32N2O4. The topological polar surface area (TPSA) is 63.9 Å². The normalized spacial score (nSPS) is 15.7. The van der Waals surface area contributed by atoms with Gasteiger partial charge < -0.3 is 19.2 Å². The Balaban J connectivity index is 1.68. The van der Waals surface area contributed by atoms with Gasteiger partial charge in [0.05, 0.1) is 20.3 Å². The van der Waals surface area contributed by atoms with E-state index in [0.717, 1.165) is 84.0 Å². The third-order valence-corrected chi connectivity index (χ3v) is 5.68. The van der Waals surface area contributed by atoms with E-state index in [2.05, 4.69) is 23.2 Å². The fraction of sp³-hybridized carbons (Fsp3) is 0.522. The Kier molecular flexibility index (Phi) is 6.98. The second kappa shape index (κ2) is 9.46. The van der Waals surface area contributed by atoms with Crippen molar-refractivity contribution in [1.82, 2.24) is 10.2 Å². The maximum atomic E-state index is 12.4. The van der Waals surface area contributed by atoms with Crippen LogP contribution in [0.25, 0.3) is 16.5 Å². The molecule has 0 saturated carbocycles. The SMILES string of the molecule is COc1c(/C(C)=C/C(=O)NCCCN2CCOCC2)cc2c(C)c(C)oc2c1C.